The predicted octanol–water partition coefficient (Wildman–Crippen LogP) is 2.56. The van der Waals surface area contributed by atoms with Gasteiger partial charge in [-0.2, -0.15) is 14.6 Å². The van der Waals surface area contributed by atoms with E-state index in [2.05, 4.69) is 32.7 Å². The van der Waals surface area contributed by atoms with E-state index in [0.29, 0.717) is 15.9 Å². The Morgan fingerprint density at radius 1 is 1.07 bits per heavy atom. The van der Waals surface area contributed by atoms with Crippen LogP contribution in [0.4, 0.5) is 0 Å². The summed E-state index contributed by atoms with van der Waals surface area (Å²) in [5.74, 6) is 0. The van der Waals surface area contributed by atoms with Gasteiger partial charge in [0.25, 0.3) is 11.1 Å². The van der Waals surface area contributed by atoms with Crippen molar-refractivity contribution in [3.63, 3.8) is 0 Å². The number of hydrogen-bond donors (Lipinski definition) is 0. The lowest BCUT2D eigenvalue weighted by atomic mass is 10.1. The van der Waals surface area contributed by atoms with Crippen LogP contribution in [0.15, 0.2) is 58.1 Å². The van der Waals surface area contributed by atoms with Crippen molar-refractivity contribution >= 4 is 45.0 Å². The SMILES string of the molecule is Cc1ccc(Cc2nn3c(=O)c(=Cc4ccc(I)cc4)sc3nc2=O)cc1. The molecular weight excluding hydrogens is 473 g/mol. The minimum Gasteiger partial charge on any atom is -0.266 e. The maximum absolute atomic E-state index is 12.7. The molecule has 0 spiro atoms. The number of aryl methyl sites for hydroxylation is 1. The minimum atomic E-state index is -0.391. The van der Waals surface area contributed by atoms with Gasteiger partial charge in [0, 0.05) is 9.99 Å². The largest absolute Gasteiger partial charge is 0.296 e. The monoisotopic (exact) mass is 487 g/mol. The highest BCUT2D eigenvalue weighted by molar-refractivity contribution is 14.1. The number of rotatable bonds is 3. The predicted molar refractivity (Wildman–Crippen MR) is 115 cm³/mol. The molecule has 2 aromatic heterocycles. The van der Waals surface area contributed by atoms with Crippen molar-refractivity contribution in [3.8, 4) is 0 Å². The summed E-state index contributed by atoms with van der Waals surface area (Å²) in [7, 11) is 0. The fraction of sp³-hybridized carbons (Fsp3) is 0.100. The Bertz CT molecular complexity index is 1290. The summed E-state index contributed by atoms with van der Waals surface area (Å²) in [5, 5.41) is 4.29. The molecule has 0 bridgehead atoms. The van der Waals surface area contributed by atoms with Gasteiger partial charge < -0.3 is 0 Å². The molecule has 4 aromatic rings. The zero-order valence-corrected chi connectivity index (χ0v) is 17.3. The number of hydrogen-bond acceptors (Lipinski definition) is 5. The van der Waals surface area contributed by atoms with Crippen LogP contribution in [0, 0.1) is 10.5 Å². The van der Waals surface area contributed by atoms with Crippen molar-refractivity contribution in [2.24, 2.45) is 0 Å². The van der Waals surface area contributed by atoms with Crippen LogP contribution in [0.2, 0.25) is 0 Å². The fourth-order valence-corrected chi connectivity index (χ4v) is 3.93. The van der Waals surface area contributed by atoms with Crippen molar-refractivity contribution in [2.45, 2.75) is 13.3 Å². The molecule has 0 aliphatic carbocycles. The van der Waals surface area contributed by atoms with Gasteiger partial charge in [-0.1, -0.05) is 53.3 Å². The lowest BCUT2D eigenvalue weighted by Gasteiger charge is -2.01. The highest BCUT2D eigenvalue weighted by atomic mass is 127. The maximum Gasteiger partial charge on any atom is 0.296 e. The van der Waals surface area contributed by atoms with Gasteiger partial charge in [-0.05, 0) is 58.9 Å². The normalized spacial score (nSPS) is 12.0. The standard InChI is InChI=1S/C20H14IN3O2S/c1-12-2-4-13(5-3-12)10-16-18(25)22-20-24(23-16)19(26)17(27-20)11-14-6-8-15(21)9-7-14/h2-9,11H,10H2,1H3. The smallest absolute Gasteiger partial charge is 0.266 e. The van der Waals surface area contributed by atoms with Gasteiger partial charge in [-0.25, -0.2) is 0 Å². The van der Waals surface area contributed by atoms with E-state index in [0.717, 1.165) is 20.3 Å². The Kier molecular flexibility index (Phi) is 4.88. The molecular formula is C20H14IN3O2S. The first-order valence-corrected chi connectivity index (χ1v) is 10.1. The Balaban J connectivity index is 1.79. The van der Waals surface area contributed by atoms with Crippen LogP contribution < -0.4 is 15.7 Å². The number of fused-ring (bicyclic) bond motifs is 1. The van der Waals surface area contributed by atoms with Gasteiger partial charge in [0.1, 0.15) is 5.69 Å². The van der Waals surface area contributed by atoms with Crippen LogP contribution in [0.3, 0.4) is 0 Å². The molecule has 5 nitrogen and oxygen atoms in total. The van der Waals surface area contributed by atoms with E-state index in [9.17, 15) is 9.59 Å². The summed E-state index contributed by atoms with van der Waals surface area (Å²) < 4.78 is 2.86. The molecule has 0 unspecified atom stereocenters. The average Bonchev–Trinajstić information content (AvgIpc) is 2.94. The summed E-state index contributed by atoms with van der Waals surface area (Å²) in [5.41, 5.74) is 2.64. The van der Waals surface area contributed by atoms with Crippen LogP contribution in [0.5, 0.6) is 0 Å². The summed E-state index contributed by atoms with van der Waals surface area (Å²) >= 11 is 3.41. The van der Waals surface area contributed by atoms with Gasteiger partial charge in [0.05, 0.1) is 4.53 Å². The van der Waals surface area contributed by atoms with Gasteiger partial charge in [0.15, 0.2) is 0 Å². The van der Waals surface area contributed by atoms with Crippen LogP contribution in [-0.2, 0) is 6.42 Å². The van der Waals surface area contributed by atoms with E-state index < -0.39 is 5.56 Å². The zero-order valence-electron chi connectivity index (χ0n) is 14.3. The Morgan fingerprint density at radius 3 is 2.48 bits per heavy atom. The Morgan fingerprint density at radius 2 is 1.78 bits per heavy atom. The molecule has 0 saturated carbocycles. The number of thiazole rings is 1. The molecule has 27 heavy (non-hydrogen) atoms. The molecule has 7 heteroatoms. The molecule has 0 saturated heterocycles. The van der Waals surface area contributed by atoms with Crippen molar-refractivity contribution in [2.75, 3.05) is 0 Å². The Labute approximate surface area is 172 Å². The van der Waals surface area contributed by atoms with Crippen molar-refractivity contribution < 1.29 is 0 Å². The van der Waals surface area contributed by atoms with E-state index in [-0.39, 0.29) is 11.3 Å². The second-order valence-corrected chi connectivity index (χ2v) is 8.44. The average molecular weight is 487 g/mol. The summed E-state index contributed by atoms with van der Waals surface area (Å²) in [4.78, 5) is 29.4. The summed E-state index contributed by atoms with van der Waals surface area (Å²) in [6.45, 7) is 2.01. The fourth-order valence-electron chi connectivity index (χ4n) is 2.66. The lowest BCUT2D eigenvalue weighted by Crippen LogP contribution is -2.28. The summed E-state index contributed by atoms with van der Waals surface area (Å²) in [6, 6.07) is 15.7. The number of aromatic nitrogens is 3. The molecule has 0 atom stereocenters. The number of halogens is 1. The second-order valence-electron chi connectivity index (χ2n) is 6.19. The van der Waals surface area contributed by atoms with Crippen LogP contribution in [0.1, 0.15) is 22.4 Å². The lowest BCUT2D eigenvalue weighted by molar-refractivity contribution is 0.811. The van der Waals surface area contributed by atoms with Crippen molar-refractivity contribution in [3.05, 3.63) is 99.7 Å². The summed E-state index contributed by atoms with van der Waals surface area (Å²) in [6.07, 6.45) is 2.14. The van der Waals surface area contributed by atoms with E-state index in [1.54, 1.807) is 6.08 Å². The van der Waals surface area contributed by atoms with E-state index in [4.69, 9.17) is 0 Å². The molecule has 0 N–H and O–H groups in total. The third-order valence-electron chi connectivity index (χ3n) is 4.11. The highest BCUT2D eigenvalue weighted by Gasteiger charge is 2.11. The highest BCUT2D eigenvalue weighted by Crippen LogP contribution is 2.09. The third-order valence-corrected chi connectivity index (χ3v) is 5.79. The molecule has 2 aromatic carbocycles. The molecule has 0 fully saturated rings. The van der Waals surface area contributed by atoms with Gasteiger partial charge in [0.2, 0.25) is 4.96 Å². The molecule has 0 radical (unpaired) electrons. The van der Waals surface area contributed by atoms with Crippen molar-refractivity contribution in [1.29, 1.82) is 0 Å². The molecule has 2 heterocycles. The molecule has 0 amide bonds. The quantitative estimate of drug-likeness (QED) is 0.417. The van der Waals surface area contributed by atoms with E-state index in [1.165, 1.54) is 15.9 Å². The Hall–Kier alpha value is -2.39. The topological polar surface area (TPSA) is 64.3 Å². The van der Waals surface area contributed by atoms with Gasteiger partial charge >= 0.3 is 0 Å². The van der Waals surface area contributed by atoms with Gasteiger partial charge in [-0.15, -0.1) is 0 Å². The first-order valence-electron chi connectivity index (χ1n) is 8.25. The van der Waals surface area contributed by atoms with E-state index >= 15 is 0 Å². The number of nitrogens with zero attached hydrogens (tertiary/aromatic N) is 3. The van der Waals surface area contributed by atoms with Crippen LogP contribution in [-0.4, -0.2) is 14.6 Å². The van der Waals surface area contributed by atoms with Crippen molar-refractivity contribution in [1.82, 2.24) is 14.6 Å². The van der Waals surface area contributed by atoms with E-state index in [1.807, 2.05) is 55.5 Å². The van der Waals surface area contributed by atoms with Crippen LogP contribution >= 0.6 is 33.9 Å². The zero-order chi connectivity index (χ0) is 19.0. The second kappa shape index (κ2) is 7.32. The minimum absolute atomic E-state index is 0.258. The molecule has 0 aliphatic rings. The molecule has 134 valence electrons. The molecule has 0 aliphatic heterocycles. The third kappa shape index (κ3) is 3.84. The molecule has 4 rings (SSSR count). The first-order chi connectivity index (χ1) is 13.0. The first kappa shape index (κ1) is 18.0. The maximum atomic E-state index is 12.7. The van der Waals surface area contributed by atoms with Gasteiger partial charge in [-0.3, -0.25) is 9.59 Å². The van der Waals surface area contributed by atoms with Crippen LogP contribution in [0.25, 0.3) is 11.0 Å². The number of benzene rings is 2.